The third-order valence-corrected chi connectivity index (χ3v) is 5.09. The number of carbonyl (C=O) groups is 2. The summed E-state index contributed by atoms with van der Waals surface area (Å²) in [7, 11) is 3.33. The molecular formula is C21H21N5O5. The van der Waals surface area contributed by atoms with Gasteiger partial charge in [0.25, 0.3) is 5.91 Å². The van der Waals surface area contributed by atoms with Crippen molar-refractivity contribution in [2.45, 2.75) is 18.6 Å². The molecule has 10 nitrogen and oxygen atoms in total. The number of amides is 2. The number of rotatable bonds is 5. The molecule has 4 rings (SSSR count). The maximum Gasteiger partial charge on any atom is 0.407 e. The van der Waals surface area contributed by atoms with Gasteiger partial charge in [-0.25, -0.2) is 4.79 Å². The van der Waals surface area contributed by atoms with E-state index >= 15 is 0 Å². The van der Waals surface area contributed by atoms with E-state index in [2.05, 4.69) is 21.7 Å². The number of methoxy groups -OCH3 is 1. The number of hydrogen-bond donors (Lipinski definition) is 2. The summed E-state index contributed by atoms with van der Waals surface area (Å²) >= 11 is 0. The van der Waals surface area contributed by atoms with Crippen LogP contribution in [0.4, 0.5) is 16.3 Å². The van der Waals surface area contributed by atoms with Gasteiger partial charge in [-0.3, -0.25) is 4.79 Å². The highest BCUT2D eigenvalue weighted by Crippen LogP contribution is 2.33. The van der Waals surface area contributed by atoms with E-state index in [-0.39, 0.29) is 18.6 Å². The minimum Gasteiger partial charge on any atom is -0.481 e. The number of anilines is 2. The average molecular weight is 423 g/mol. The summed E-state index contributed by atoms with van der Waals surface area (Å²) in [4.78, 5) is 30.2. The molecule has 0 spiro atoms. The molecule has 2 unspecified atom stereocenters. The fraction of sp³-hybridized carbons (Fsp3) is 0.333. The minimum absolute atomic E-state index is 0.156. The second-order valence-corrected chi connectivity index (χ2v) is 7.28. The summed E-state index contributed by atoms with van der Waals surface area (Å²) in [6.07, 6.45) is -0.693. The van der Waals surface area contributed by atoms with Crippen molar-refractivity contribution in [1.29, 1.82) is 5.26 Å². The molecule has 1 fully saturated rings. The monoisotopic (exact) mass is 423 g/mol. The van der Waals surface area contributed by atoms with E-state index in [1.54, 1.807) is 30.3 Å². The summed E-state index contributed by atoms with van der Waals surface area (Å²) < 4.78 is 16.1. The van der Waals surface area contributed by atoms with E-state index in [0.29, 0.717) is 36.0 Å². The van der Waals surface area contributed by atoms with Crippen LogP contribution in [-0.4, -0.2) is 56.4 Å². The van der Waals surface area contributed by atoms with Gasteiger partial charge in [-0.05, 0) is 30.3 Å². The lowest BCUT2D eigenvalue weighted by Gasteiger charge is -2.33. The molecule has 0 bridgehead atoms. The maximum atomic E-state index is 12.8. The molecule has 1 saturated heterocycles. The van der Waals surface area contributed by atoms with E-state index in [1.807, 2.05) is 11.9 Å². The second kappa shape index (κ2) is 8.39. The van der Waals surface area contributed by atoms with Crippen molar-refractivity contribution in [3.8, 4) is 17.7 Å². The van der Waals surface area contributed by atoms with E-state index in [1.165, 1.54) is 7.11 Å². The number of ether oxygens (including phenoxy) is 3. The van der Waals surface area contributed by atoms with Gasteiger partial charge in [0.05, 0.1) is 37.0 Å². The van der Waals surface area contributed by atoms with Crippen LogP contribution in [0.5, 0.6) is 11.6 Å². The lowest BCUT2D eigenvalue weighted by atomic mass is 10.1. The first kappa shape index (κ1) is 20.3. The van der Waals surface area contributed by atoms with Crippen molar-refractivity contribution in [1.82, 2.24) is 10.3 Å². The molecule has 10 heteroatoms. The molecular weight excluding hydrogens is 402 g/mol. The summed E-state index contributed by atoms with van der Waals surface area (Å²) in [5.41, 5.74) is 2.07. The van der Waals surface area contributed by atoms with Gasteiger partial charge >= 0.3 is 6.09 Å². The zero-order chi connectivity index (χ0) is 22.0. The first-order chi connectivity index (χ1) is 15.0. The molecule has 160 valence electrons. The fourth-order valence-electron chi connectivity index (χ4n) is 3.54. The Morgan fingerprint density at radius 2 is 2.26 bits per heavy atom. The number of nitriles is 1. The van der Waals surface area contributed by atoms with Gasteiger partial charge in [0.1, 0.15) is 18.2 Å². The summed E-state index contributed by atoms with van der Waals surface area (Å²) in [5.74, 6) is 0.874. The molecule has 2 amide bonds. The number of fused-ring (bicyclic) bond motifs is 1. The lowest BCUT2D eigenvalue weighted by molar-refractivity contribution is -0.122. The molecule has 3 heterocycles. The maximum absolute atomic E-state index is 12.8. The van der Waals surface area contributed by atoms with Crippen molar-refractivity contribution in [3.63, 3.8) is 0 Å². The number of hydrogen-bond acceptors (Lipinski definition) is 8. The van der Waals surface area contributed by atoms with Crippen LogP contribution in [0, 0.1) is 11.3 Å². The highest BCUT2D eigenvalue weighted by atomic mass is 16.6. The van der Waals surface area contributed by atoms with Crippen LogP contribution in [0.2, 0.25) is 0 Å². The number of aromatic nitrogens is 1. The van der Waals surface area contributed by atoms with Crippen molar-refractivity contribution >= 4 is 23.5 Å². The molecule has 0 saturated carbocycles. The van der Waals surface area contributed by atoms with Crippen LogP contribution in [0.25, 0.3) is 0 Å². The van der Waals surface area contributed by atoms with Gasteiger partial charge < -0.3 is 29.7 Å². The normalized spacial score (nSPS) is 19.4. The number of alkyl carbamates (subject to hydrolysis) is 1. The van der Waals surface area contributed by atoms with Crippen LogP contribution in [-0.2, 0) is 16.0 Å². The topological polar surface area (TPSA) is 126 Å². The first-order valence-electron chi connectivity index (χ1n) is 9.67. The van der Waals surface area contributed by atoms with Crippen molar-refractivity contribution in [3.05, 3.63) is 41.5 Å². The number of cyclic esters (lactones) is 1. The Labute approximate surface area is 178 Å². The highest BCUT2D eigenvalue weighted by Gasteiger charge is 2.30. The van der Waals surface area contributed by atoms with E-state index < -0.39 is 12.2 Å². The summed E-state index contributed by atoms with van der Waals surface area (Å²) in [6.45, 7) is 0.606. The minimum atomic E-state index is -0.747. The molecule has 2 aromatic rings. The molecule has 0 radical (unpaired) electrons. The quantitative estimate of drug-likeness (QED) is 0.740. The van der Waals surface area contributed by atoms with Gasteiger partial charge in [0.15, 0.2) is 6.10 Å². The summed E-state index contributed by atoms with van der Waals surface area (Å²) in [6, 6.07) is 10.5. The van der Waals surface area contributed by atoms with Crippen LogP contribution < -0.4 is 25.0 Å². The van der Waals surface area contributed by atoms with Gasteiger partial charge in [-0.2, -0.15) is 10.2 Å². The van der Waals surface area contributed by atoms with Crippen molar-refractivity contribution < 1.29 is 23.8 Å². The number of nitrogens with one attached hydrogen (secondary N) is 2. The molecule has 0 aliphatic carbocycles. The van der Waals surface area contributed by atoms with Crippen LogP contribution in [0.15, 0.2) is 30.3 Å². The Bertz CT molecular complexity index is 1070. The number of nitrogens with zero attached hydrogens (tertiary/aromatic N) is 3. The van der Waals surface area contributed by atoms with E-state index in [4.69, 9.17) is 19.5 Å². The number of pyridine rings is 1. The van der Waals surface area contributed by atoms with Crippen LogP contribution in [0.3, 0.4) is 0 Å². The van der Waals surface area contributed by atoms with Gasteiger partial charge in [-0.1, -0.05) is 0 Å². The summed E-state index contributed by atoms with van der Waals surface area (Å²) in [5, 5.41) is 14.5. The first-order valence-corrected chi connectivity index (χ1v) is 9.67. The zero-order valence-electron chi connectivity index (χ0n) is 17.0. The Morgan fingerprint density at radius 1 is 1.42 bits per heavy atom. The molecule has 1 aromatic heterocycles. The largest absolute Gasteiger partial charge is 0.481 e. The molecule has 2 atom stereocenters. The standard InChI is InChI=1S/C21H21N5O5/c1-26-10-17(31-16-5-3-12(9-22)7-15(16)26)19(27)24-18-6-4-13(20(25-18)29-2)8-14-11-30-21(28)23-14/h3-7,14,17H,8,10-11H2,1-2H3,(H,23,28)(H,24,25,27). The van der Waals surface area contributed by atoms with E-state index in [0.717, 1.165) is 11.3 Å². The highest BCUT2D eigenvalue weighted by molar-refractivity contribution is 5.94. The average Bonchev–Trinajstić information content (AvgIpc) is 3.19. The predicted molar refractivity (Wildman–Crippen MR) is 110 cm³/mol. The molecule has 2 aliphatic rings. The van der Waals surface area contributed by atoms with Crippen LogP contribution >= 0.6 is 0 Å². The Balaban J connectivity index is 1.44. The third kappa shape index (κ3) is 4.30. The van der Waals surface area contributed by atoms with Crippen molar-refractivity contribution in [2.24, 2.45) is 0 Å². The number of benzene rings is 1. The smallest absolute Gasteiger partial charge is 0.407 e. The Kier molecular flexibility index (Phi) is 5.49. The second-order valence-electron chi connectivity index (χ2n) is 7.28. The molecule has 2 aliphatic heterocycles. The molecule has 1 aromatic carbocycles. The van der Waals surface area contributed by atoms with E-state index in [9.17, 15) is 9.59 Å². The molecule has 31 heavy (non-hydrogen) atoms. The van der Waals surface area contributed by atoms with Gasteiger partial charge in [-0.15, -0.1) is 0 Å². The third-order valence-electron chi connectivity index (χ3n) is 5.09. The SMILES string of the molecule is COc1nc(NC(=O)C2CN(C)c3cc(C#N)ccc3O2)ccc1CC1COC(=O)N1. The fourth-order valence-corrected chi connectivity index (χ4v) is 3.54. The number of likely N-dealkylation sites (N-methyl/N-ethyl adjacent to an activating group) is 1. The predicted octanol–water partition coefficient (Wildman–Crippen LogP) is 1.45. The number of carbonyl (C=O) groups excluding carboxylic acids is 2. The van der Waals surface area contributed by atoms with Gasteiger partial charge in [0, 0.05) is 19.0 Å². The lowest BCUT2D eigenvalue weighted by Crippen LogP contribution is -2.45. The van der Waals surface area contributed by atoms with Crippen LogP contribution in [0.1, 0.15) is 11.1 Å². The zero-order valence-corrected chi connectivity index (χ0v) is 17.0. The van der Waals surface area contributed by atoms with Gasteiger partial charge in [0.2, 0.25) is 5.88 Å². The Morgan fingerprint density at radius 3 is 2.97 bits per heavy atom. The van der Waals surface area contributed by atoms with Crippen molar-refractivity contribution in [2.75, 3.05) is 37.5 Å². The molecule has 2 N–H and O–H groups in total. The Hall–Kier alpha value is -4.00.